The first kappa shape index (κ1) is 22.8. The van der Waals surface area contributed by atoms with E-state index in [0.717, 1.165) is 12.8 Å². The lowest BCUT2D eigenvalue weighted by Gasteiger charge is -2.15. The molecule has 0 radical (unpaired) electrons. The molecular weight excluding hydrogens is 418 g/mol. The van der Waals surface area contributed by atoms with Crippen LogP contribution in [-0.2, 0) is 14.8 Å². The Bertz CT molecular complexity index is 1030. The average molecular weight is 446 g/mol. The predicted octanol–water partition coefficient (Wildman–Crippen LogP) is 3.93. The average Bonchev–Trinajstić information content (AvgIpc) is 3.28. The molecule has 0 saturated carbocycles. The fraction of sp³-hybridized carbons (Fsp3) is 0.364. The van der Waals surface area contributed by atoms with E-state index in [1.54, 1.807) is 24.3 Å². The van der Waals surface area contributed by atoms with Crippen LogP contribution in [-0.4, -0.2) is 44.4 Å². The molecule has 0 aromatic heterocycles. The van der Waals surface area contributed by atoms with Crippen molar-refractivity contribution in [1.29, 1.82) is 0 Å². The number of amides is 2. The van der Waals surface area contributed by atoms with Gasteiger partial charge in [-0.15, -0.1) is 0 Å². The fourth-order valence-corrected chi connectivity index (χ4v) is 4.65. The number of nitrogens with zero attached hydrogens (tertiary/aromatic N) is 1. The van der Waals surface area contributed by atoms with Gasteiger partial charge in [0.15, 0.2) is 0 Å². The number of nitrogens with one attached hydrogen (secondary N) is 2. The highest BCUT2D eigenvalue weighted by Gasteiger charge is 2.27. The second kappa shape index (κ2) is 9.93. The zero-order chi connectivity index (χ0) is 22.4. The molecule has 1 saturated heterocycles. The molecular formula is C22H27N3O5S. The number of ether oxygens (including phenoxy) is 1. The minimum atomic E-state index is -3.52. The Labute approximate surface area is 182 Å². The molecule has 2 aromatic carbocycles. The summed E-state index contributed by atoms with van der Waals surface area (Å²) < 4.78 is 31.7. The minimum absolute atomic E-state index is 0.178. The molecule has 1 heterocycles. The lowest BCUT2D eigenvalue weighted by Crippen LogP contribution is -2.27. The number of hydrogen-bond donors (Lipinski definition) is 2. The summed E-state index contributed by atoms with van der Waals surface area (Å²) in [7, 11) is -3.52. The largest absolute Gasteiger partial charge is 0.449 e. The van der Waals surface area contributed by atoms with Crippen molar-refractivity contribution in [3.8, 4) is 0 Å². The van der Waals surface area contributed by atoms with E-state index in [1.165, 1.54) is 28.6 Å². The van der Waals surface area contributed by atoms with Gasteiger partial charge in [-0.2, -0.15) is 4.31 Å². The minimum Gasteiger partial charge on any atom is -0.449 e. The van der Waals surface area contributed by atoms with Gasteiger partial charge in [0.05, 0.1) is 11.5 Å². The Morgan fingerprint density at radius 2 is 1.61 bits per heavy atom. The number of rotatable bonds is 7. The Morgan fingerprint density at radius 3 is 2.23 bits per heavy atom. The summed E-state index contributed by atoms with van der Waals surface area (Å²) in [5.74, 6) is -0.155. The summed E-state index contributed by atoms with van der Waals surface area (Å²) in [5, 5.41) is 5.36. The van der Waals surface area contributed by atoms with Crippen LogP contribution >= 0.6 is 0 Å². The maximum atomic E-state index is 12.6. The Kier molecular flexibility index (Phi) is 7.29. The second-order valence-electron chi connectivity index (χ2n) is 7.79. The first-order valence-corrected chi connectivity index (χ1v) is 11.6. The van der Waals surface area contributed by atoms with Crippen molar-refractivity contribution in [2.75, 3.05) is 30.3 Å². The van der Waals surface area contributed by atoms with Gasteiger partial charge in [0.25, 0.3) is 5.91 Å². The maximum absolute atomic E-state index is 12.6. The number of hydrogen-bond acceptors (Lipinski definition) is 5. The van der Waals surface area contributed by atoms with Crippen molar-refractivity contribution in [3.63, 3.8) is 0 Å². The van der Waals surface area contributed by atoms with E-state index >= 15 is 0 Å². The van der Waals surface area contributed by atoms with E-state index in [9.17, 15) is 18.0 Å². The van der Waals surface area contributed by atoms with E-state index in [1.807, 2.05) is 13.8 Å². The lowest BCUT2D eigenvalue weighted by atomic mass is 10.2. The van der Waals surface area contributed by atoms with Crippen LogP contribution in [0.15, 0.2) is 53.4 Å². The molecule has 166 valence electrons. The highest BCUT2D eigenvalue weighted by Crippen LogP contribution is 2.22. The van der Waals surface area contributed by atoms with Crippen molar-refractivity contribution in [2.24, 2.45) is 5.92 Å². The predicted molar refractivity (Wildman–Crippen MR) is 119 cm³/mol. The van der Waals surface area contributed by atoms with Crippen molar-refractivity contribution >= 4 is 33.4 Å². The normalized spacial score (nSPS) is 14.4. The van der Waals surface area contributed by atoms with Gasteiger partial charge >= 0.3 is 6.09 Å². The quantitative estimate of drug-likeness (QED) is 0.672. The molecule has 0 bridgehead atoms. The summed E-state index contributed by atoms with van der Waals surface area (Å²) in [6.07, 6.45) is 1.17. The van der Waals surface area contributed by atoms with E-state index in [4.69, 9.17) is 4.74 Å². The highest BCUT2D eigenvalue weighted by molar-refractivity contribution is 7.89. The molecule has 8 nitrogen and oxygen atoms in total. The van der Waals surface area contributed by atoms with Crippen LogP contribution in [0.2, 0.25) is 0 Å². The summed E-state index contributed by atoms with van der Waals surface area (Å²) in [5.41, 5.74) is 1.30. The third-order valence-corrected chi connectivity index (χ3v) is 6.65. The molecule has 0 spiro atoms. The highest BCUT2D eigenvalue weighted by atomic mass is 32.2. The summed E-state index contributed by atoms with van der Waals surface area (Å²) in [6.45, 7) is 5.25. The number of carbonyl (C=O) groups is 2. The van der Waals surface area contributed by atoms with Crippen LogP contribution in [0.25, 0.3) is 0 Å². The van der Waals surface area contributed by atoms with Crippen LogP contribution in [0, 0.1) is 5.92 Å². The molecule has 0 atom stereocenters. The Morgan fingerprint density at radius 1 is 1.00 bits per heavy atom. The number of carbonyl (C=O) groups excluding carboxylic acids is 2. The van der Waals surface area contributed by atoms with Gasteiger partial charge in [0.1, 0.15) is 0 Å². The molecule has 2 aromatic rings. The maximum Gasteiger partial charge on any atom is 0.411 e. The van der Waals surface area contributed by atoms with Gasteiger partial charge < -0.3 is 10.1 Å². The fourth-order valence-electron chi connectivity index (χ4n) is 3.13. The number of sulfonamides is 1. The third-order valence-electron chi connectivity index (χ3n) is 4.73. The standard InChI is InChI=1S/C22H27N3O5S/c1-16(2)15-30-22(27)24-19-7-5-6-18(14-19)23-21(26)17-8-10-20(11-9-17)31(28,29)25-12-3-4-13-25/h5-11,14,16H,3-4,12-13,15H2,1-2H3,(H,23,26)(H,24,27). The van der Waals surface area contributed by atoms with E-state index in [0.29, 0.717) is 36.6 Å². The van der Waals surface area contributed by atoms with Crippen LogP contribution in [0.5, 0.6) is 0 Å². The molecule has 1 fully saturated rings. The van der Waals surface area contributed by atoms with E-state index in [2.05, 4.69) is 10.6 Å². The smallest absolute Gasteiger partial charge is 0.411 e. The molecule has 0 unspecified atom stereocenters. The molecule has 1 aliphatic rings. The van der Waals surface area contributed by atoms with Crippen LogP contribution in [0.1, 0.15) is 37.0 Å². The monoisotopic (exact) mass is 445 g/mol. The first-order chi connectivity index (χ1) is 14.8. The zero-order valence-corrected chi connectivity index (χ0v) is 18.4. The van der Waals surface area contributed by atoms with Gasteiger partial charge in [-0.25, -0.2) is 13.2 Å². The molecule has 2 amide bonds. The molecule has 9 heteroatoms. The lowest BCUT2D eigenvalue weighted by molar-refractivity contribution is 0.102. The summed E-state index contributed by atoms with van der Waals surface area (Å²) in [6, 6.07) is 12.6. The Balaban J connectivity index is 1.63. The Hall–Kier alpha value is -2.91. The summed E-state index contributed by atoms with van der Waals surface area (Å²) in [4.78, 5) is 24.5. The number of benzene rings is 2. The van der Waals surface area contributed by atoms with Crippen molar-refractivity contribution in [3.05, 3.63) is 54.1 Å². The van der Waals surface area contributed by atoms with Gasteiger partial charge in [-0.1, -0.05) is 19.9 Å². The van der Waals surface area contributed by atoms with Crippen molar-refractivity contribution in [1.82, 2.24) is 4.31 Å². The third kappa shape index (κ3) is 6.05. The summed E-state index contributed by atoms with van der Waals surface area (Å²) >= 11 is 0. The molecule has 1 aliphatic heterocycles. The van der Waals surface area contributed by atoms with Crippen LogP contribution < -0.4 is 10.6 Å². The number of anilines is 2. The van der Waals surface area contributed by atoms with E-state index < -0.39 is 16.1 Å². The van der Waals surface area contributed by atoms with Crippen molar-refractivity contribution < 1.29 is 22.7 Å². The molecule has 3 rings (SSSR count). The molecule has 31 heavy (non-hydrogen) atoms. The van der Waals surface area contributed by atoms with Gasteiger partial charge in [0, 0.05) is 30.0 Å². The van der Waals surface area contributed by atoms with Gasteiger partial charge in [0.2, 0.25) is 10.0 Å². The molecule has 0 aliphatic carbocycles. The van der Waals surface area contributed by atoms with Gasteiger partial charge in [-0.3, -0.25) is 10.1 Å². The van der Waals surface area contributed by atoms with Crippen LogP contribution in [0.3, 0.4) is 0 Å². The van der Waals surface area contributed by atoms with E-state index in [-0.39, 0.29) is 16.7 Å². The second-order valence-corrected chi connectivity index (χ2v) is 9.73. The van der Waals surface area contributed by atoms with Gasteiger partial charge in [-0.05, 0) is 61.2 Å². The van der Waals surface area contributed by atoms with Crippen LogP contribution in [0.4, 0.5) is 16.2 Å². The molecule has 2 N–H and O–H groups in total. The topological polar surface area (TPSA) is 105 Å². The SMILES string of the molecule is CC(C)COC(=O)Nc1cccc(NC(=O)c2ccc(S(=O)(=O)N3CCCC3)cc2)c1. The zero-order valence-electron chi connectivity index (χ0n) is 17.6. The van der Waals surface area contributed by atoms with Crippen molar-refractivity contribution in [2.45, 2.75) is 31.6 Å². The first-order valence-electron chi connectivity index (χ1n) is 10.2.